The number of aromatic nitrogens is 3. The number of likely N-dealkylation sites (N-methyl/N-ethyl adjacent to an activating group) is 1. The summed E-state index contributed by atoms with van der Waals surface area (Å²) in [5, 5.41) is -1.21. The zero-order valence-corrected chi connectivity index (χ0v) is 16.0. The van der Waals surface area contributed by atoms with Crippen LogP contribution < -0.4 is 9.47 Å². The zero-order valence-electron chi connectivity index (χ0n) is 15.3. The highest BCUT2D eigenvalue weighted by Gasteiger charge is 2.39. The van der Waals surface area contributed by atoms with Gasteiger partial charge in [-0.05, 0) is 31.3 Å². The van der Waals surface area contributed by atoms with E-state index >= 15 is 0 Å². The van der Waals surface area contributed by atoms with Crippen LogP contribution in [0.1, 0.15) is 5.82 Å². The molecule has 1 aliphatic heterocycles. The molecule has 0 radical (unpaired) electrons. The van der Waals surface area contributed by atoms with Crippen molar-refractivity contribution in [2.45, 2.75) is 5.06 Å². The van der Waals surface area contributed by atoms with Crippen molar-refractivity contribution >= 4 is 11.6 Å². The Bertz CT molecular complexity index is 869. The first-order valence-corrected chi connectivity index (χ1v) is 9.22. The van der Waals surface area contributed by atoms with Crippen molar-refractivity contribution in [1.82, 2.24) is 19.9 Å². The first-order valence-electron chi connectivity index (χ1n) is 8.84. The third-order valence-electron chi connectivity index (χ3n) is 4.11. The number of halogens is 1. The highest BCUT2D eigenvalue weighted by atomic mass is 35.5. The van der Waals surface area contributed by atoms with Gasteiger partial charge in [0.1, 0.15) is 11.5 Å². The Morgan fingerprint density at radius 2 is 1.43 bits per heavy atom. The zero-order chi connectivity index (χ0) is 19.4. The fourth-order valence-electron chi connectivity index (χ4n) is 2.75. The summed E-state index contributed by atoms with van der Waals surface area (Å²) >= 11 is 6.72. The number of nitrogens with zero attached hydrogens (tertiary/aromatic N) is 4. The molecule has 1 aromatic heterocycles. The van der Waals surface area contributed by atoms with Crippen LogP contribution in [0.2, 0.25) is 0 Å². The lowest BCUT2D eigenvalue weighted by molar-refractivity contribution is -0.0576. The molecule has 1 aliphatic rings. The first kappa shape index (κ1) is 18.6. The van der Waals surface area contributed by atoms with E-state index in [-0.39, 0.29) is 17.8 Å². The molecular formula is C20H19ClN4O3. The van der Waals surface area contributed by atoms with Crippen LogP contribution in [0.5, 0.6) is 23.5 Å². The fourth-order valence-corrected chi connectivity index (χ4v) is 3.12. The molecule has 0 spiro atoms. The van der Waals surface area contributed by atoms with Gasteiger partial charge in [-0.1, -0.05) is 48.0 Å². The lowest BCUT2D eigenvalue weighted by atomic mass is 10.2. The molecule has 144 valence electrons. The van der Waals surface area contributed by atoms with Gasteiger partial charge in [-0.15, -0.1) is 4.98 Å². The molecule has 0 amide bonds. The van der Waals surface area contributed by atoms with Crippen molar-refractivity contribution in [2.24, 2.45) is 0 Å². The second-order valence-electron chi connectivity index (χ2n) is 6.37. The van der Waals surface area contributed by atoms with Crippen LogP contribution in [-0.2, 0) is 9.80 Å². The van der Waals surface area contributed by atoms with Gasteiger partial charge in [0.2, 0.25) is 5.06 Å². The Labute approximate surface area is 167 Å². The number of alkyl halides is 1. The van der Waals surface area contributed by atoms with Crippen LogP contribution in [0.4, 0.5) is 0 Å². The number of morpholine rings is 1. The summed E-state index contributed by atoms with van der Waals surface area (Å²) in [6.45, 7) is 1.67. The molecule has 1 fully saturated rings. The van der Waals surface area contributed by atoms with Crippen LogP contribution in [-0.4, -0.2) is 46.6 Å². The molecule has 4 rings (SSSR count). The maximum absolute atomic E-state index is 6.72. The molecule has 1 atom stereocenters. The summed E-state index contributed by atoms with van der Waals surface area (Å²) < 4.78 is 17.4. The van der Waals surface area contributed by atoms with E-state index in [9.17, 15) is 0 Å². The second-order valence-corrected chi connectivity index (χ2v) is 6.98. The molecule has 2 heterocycles. The maximum atomic E-state index is 6.72. The predicted octanol–water partition coefficient (Wildman–Crippen LogP) is 3.81. The highest BCUT2D eigenvalue weighted by Crippen LogP contribution is 2.34. The number of hydrogen-bond donors (Lipinski definition) is 0. The third kappa shape index (κ3) is 4.39. The average Bonchev–Trinajstić information content (AvgIpc) is 2.69. The van der Waals surface area contributed by atoms with E-state index in [4.69, 9.17) is 25.8 Å². The Kier molecular flexibility index (Phi) is 5.38. The summed E-state index contributed by atoms with van der Waals surface area (Å²) in [6.07, 6.45) is 0. The van der Waals surface area contributed by atoms with Crippen LogP contribution in [0.15, 0.2) is 60.7 Å². The summed E-state index contributed by atoms with van der Waals surface area (Å²) in [5.74, 6) is 1.43. The van der Waals surface area contributed by atoms with Crippen LogP contribution in [0.3, 0.4) is 0 Å². The van der Waals surface area contributed by atoms with E-state index in [1.54, 1.807) is 0 Å². The van der Waals surface area contributed by atoms with Crippen molar-refractivity contribution in [3.05, 3.63) is 66.5 Å². The summed E-state index contributed by atoms with van der Waals surface area (Å²) in [5.41, 5.74) is 0. The lowest BCUT2D eigenvalue weighted by Crippen LogP contribution is -2.45. The quantitative estimate of drug-likeness (QED) is 0.605. The van der Waals surface area contributed by atoms with Crippen molar-refractivity contribution in [3.8, 4) is 23.5 Å². The van der Waals surface area contributed by atoms with Crippen LogP contribution in [0, 0.1) is 0 Å². The SMILES string of the molecule is CN1CCOC(Cl)(c2nc(Oc3ccccc3)nc(Oc3ccccc3)n2)C1. The maximum Gasteiger partial charge on any atom is 0.328 e. The first-order chi connectivity index (χ1) is 13.6. The van der Waals surface area contributed by atoms with Crippen molar-refractivity contribution in [2.75, 3.05) is 26.7 Å². The normalized spacial score (nSPS) is 19.9. The highest BCUT2D eigenvalue weighted by molar-refractivity contribution is 6.22. The van der Waals surface area contributed by atoms with E-state index < -0.39 is 5.06 Å². The smallest absolute Gasteiger partial charge is 0.328 e. The molecule has 2 aromatic carbocycles. The minimum atomic E-state index is -1.21. The molecule has 8 heteroatoms. The number of rotatable bonds is 5. The van der Waals surface area contributed by atoms with E-state index in [0.29, 0.717) is 24.7 Å². The lowest BCUT2D eigenvalue weighted by Gasteiger charge is -2.35. The average molecular weight is 399 g/mol. The monoisotopic (exact) mass is 398 g/mol. The molecule has 0 bridgehead atoms. The molecule has 1 saturated heterocycles. The molecule has 28 heavy (non-hydrogen) atoms. The Morgan fingerprint density at radius 1 is 0.893 bits per heavy atom. The van der Waals surface area contributed by atoms with E-state index in [0.717, 1.165) is 6.54 Å². The molecule has 0 N–H and O–H groups in total. The number of benzene rings is 2. The van der Waals surface area contributed by atoms with E-state index in [1.807, 2.05) is 67.7 Å². The van der Waals surface area contributed by atoms with E-state index in [1.165, 1.54) is 0 Å². The minimum Gasteiger partial charge on any atom is -0.424 e. The molecule has 3 aromatic rings. The Morgan fingerprint density at radius 3 is 1.93 bits per heavy atom. The predicted molar refractivity (Wildman–Crippen MR) is 104 cm³/mol. The molecule has 1 unspecified atom stereocenters. The molecular weight excluding hydrogens is 380 g/mol. The van der Waals surface area contributed by atoms with Gasteiger partial charge in [-0.25, -0.2) is 0 Å². The topological polar surface area (TPSA) is 69.6 Å². The fraction of sp³-hybridized carbons (Fsp3) is 0.250. The van der Waals surface area contributed by atoms with Gasteiger partial charge in [-0.3, -0.25) is 4.90 Å². The summed E-state index contributed by atoms with van der Waals surface area (Å²) in [7, 11) is 1.96. The summed E-state index contributed by atoms with van der Waals surface area (Å²) in [6, 6.07) is 18.6. The minimum absolute atomic E-state index is 0.0824. The number of hydrogen-bond acceptors (Lipinski definition) is 7. The van der Waals surface area contributed by atoms with Gasteiger partial charge in [0.05, 0.1) is 6.61 Å². The Balaban J connectivity index is 1.70. The standard InChI is InChI=1S/C20H19ClN4O3/c1-25-12-13-26-20(21,14-25)17-22-18(27-15-8-4-2-5-9-15)24-19(23-17)28-16-10-6-3-7-11-16/h2-11H,12-14H2,1H3. The summed E-state index contributed by atoms with van der Waals surface area (Å²) in [4.78, 5) is 15.1. The van der Waals surface area contributed by atoms with Crippen molar-refractivity contribution < 1.29 is 14.2 Å². The van der Waals surface area contributed by atoms with Gasteiger partial charge in [0.15, 0.2) is 5.82 Å². The number of para-hydroxylation sites is 2. The number of ether oxygens (including phenoxy) is 3. The van der Waals surface area contributed by atoms with Crippen LogP contribution >= 0.6 is 11.6 Å². The van der Waals surface area contributed by atoms with Gasteiger partial charge in [-0.2, -0.15) is 9.97 Å². The Hall–Kier alpha value is -2.74. The van der Waals surface area contributed by atoms with Crippen molar-refractivity contribution in [1.29, 1.82) is 0 Å². The largest absolute Gasteiger partial charge is 0.424 e. The third-order valence-corrected chi connectivity index (χ3v) is 4.51. The molecule has 0 saturated carbocycles. The van der Waals surface area contributed by atoms with Gasteiger partial charge in [0.25, 0.3) is 0 Å². The van der Waals surface area contributed by atoms with Crippen LogP contribution in [0.25, 0.3) is 0 Å². The van der Waals surface area contributed by atoms with E-state index in [2.05, 4.69) is 19.9 Å². The van der Waals surface area contributed by atoms with Gasteiger partial charge in [0, 0.05) is 13.1 Å². The van der Waals surface area contributed by atoms with Gasteiger partial charge < -0.3 is 14.2 Å². The van der Waals surface area contributed by atoms with Gasteiger partial charge >= 0.3 is 12.0 Å². The van der Waals surface area contributed by atoms with Crippen molar-refractivity contribution in [3.63, 3.8) is 0 Å². The molecule has 7 nitrogen and oxygen atoms in total. The second kappa shape index (κ2) is 8.10. The molecule has 0 aliphatic carbocycles.